The fourth-order valence-corrected chi connectivity index (χ4v) is 3.32. The highest BCUT2D eigenvalue weighted by molar-refractivity contribution is 7.48. The number of para-hydroxylation sites is 1. The number of aliphatic hydroxyl groups is 2. The van der Waals surface area contributed by atoms with Gasteiger partial charge >= 0.3 is 13.8 Å². The van der Waals surface area contributed by atoms with E-state index in [-0.39, 0.29) is 19.0 Å². The van der Waals surface area contributed by atoms with E-state index in [1.54, 1.807) is 30.3 Å². The summed E-state index contributed by atoms with van der Waals surface area (Å²) in [6.07, 6.45) is 1.29. The van der Waals surface area contributed by atoms with Crippen LogP contribution >= 0.6 is 7.82 Å². The Labute approximate surface area is 151 Å². The minimum absolute atomic E-state index is 0.200. The molecule has 1 fully saturated rings. The minimum Gasteiger partial charge on any atom is -0.516 e. The molecule has 0 bridgehead atoms. The third kappa shape index (κ3) is 5.06. The molecule has 2 rings (SSSR count). The van der Waals surface area contributed by atoms with Gasteiger partial charge in [-0.2, -0.15) is 10.1 Å². The number of phosphoric ester groups is 1. The van der Waals surface area contributed by atoms with E-state index in [0.717, 1.165) is 6.26 Å². The molecule has 0 aromatic heterocycles. The van der Waals surface area contributed by atoms with E-state index < -0.39 is 25.2 Å². The number of esters is 1. The smallest absolute Gasteiger partial charge is 0.516 e. The molecule has 1 aliphatic carbocycles. The third-order valence-electron chi connectivity index (χ3n) is 3.90. The van der Waals surface area contributed by atoms with Crippen LogP contribution in [0, 0.1) is 5.41 Å². The normalized spacial score (nSPS) is 23.9. The number of hydrogen-bond acceptors (Lipinski definition) is 9. The van der Waals surface area contributed by atoms with Gasteiger partial charge in [0.05, 0.1) is 26.6 Å². The molecule has 1 aromatic rings. The lowest BCUT2D eigenvalue weighted by molar-refractivity contribution is -0.145. The highest BCUT2D eigenvalue weighted by Gasteiger charge is 2.51. The molecule has 144 valence electrons. The lowest BCUT2D eigenvalue weighted by Crippen LogP contribution is -2.35. The zero-order valence-corrected chi connectivity index (χ0v) is 15.3. The van der Waals surface area contributed by atoms with E-state index in [0.29, 0.717) is 12.0 Å². The van der Waals surface area contributed by atoms with Gasteiger partial charge in [-0.25, -0.2) is 4.57 Å². The molecule has 0 radical (unpaired) electrons. The number of carbonyl (C=O) groups excluding carboxylic acids is 1. The summed E-state index contributed by atoms with van der Waals surface area (Å²) in [5.74, 6) is -0.397. The minimum atomic E-state index is -4.19. The lowest BCUT2D eigenvalue weighted by Gasteiger charge is -2.22. The Morgan fingerprint density at radius 3 is 2.65 bits per heavy atom. The first-order chi connectivity index (χ1) is 12.4. The molecule has 0 heterocycles. The topological polar surface area (TPSA) is 124 Å². The van der Waals surface area contributed by atoms with Gasteiger partial charge in [-0.15, -0.1) is 0 Å². The van der Waals surface area contributed by atoms with Crippen molar-refractivity contribution in [3.05, 3.63) is 42.2 Å². The Morgan fingerprint density at radius 2 is 2.12 bits per heavy atom. The van der Waals surface area contributed by atoms with Crippen LogP contribution in [0.3, 0.4) is 0 Å². The van der Waals surface area contributed by atoms with Crippen LogP contribution in [0.25, 0.3) is 0 Å². The van der Waals surface area contributed by atoms with Crippen molar-refractivity contribution >= 4 is 13.8 Å². The second kappa shape index (κ2) is 8.66. The summed E-state index contributed by atoms with van der Waals surface area (Å²) < 4.78 is 33.2. The van der Waals surface area contributed by atoms with Crippen molar-refractivity contribution in [2.24, 2.45) is 5.41 Å². The molecule has 0 aliphatic heterocycles. The van der Waals surface area contributed by atoms with Crippen LogP contribution in [0.15, 0.2) is 42.2 Å². The number of hydrogen-bond donors (Lipinski definition) is 3. The first kappa shape index (κ1) is 20.4. The lowest BCUT2D eigenvalue weighted by atomic mass is 10.1. The number of nitrogens with one attached hydrogen (secondary N) is 1. The summed E-state index contributed by atoms with van der Waals surface area (Å²) in [5, 5.41) is 18.6. The third-order valence-corrected chi connectivity index (χ3v) is 5.11. The summed E-state index contributed by atoms with van der Waals surface area (Å²) in [7, 11) is -2.98. The first-order valence-corrected chi connectivity index (χ1v) is 9.30. The molecule has 0 amide bonds. The molecule has 26 heavy (non-hydrogen) atoms. The second-order valence-corrected chi connectivity index (χ2v) is 7.37. The SMILES string of the molecule is COC(=O)C(C)NOP(=O)(OCC1(CO)C/C1=C/O)Oc1ccccc1. The van der Waals surface area contributed by atoms with Crippen LogP contribution in [0.5, 0.6) is 5.75 Å². The summed E-state index contributed by atoms with van der Waals surface area (Å²) in [6.45, 7) is 0.951. The quantitative estimate of drug-likeness (QED) is 0.240. The van der Waals surface area contributed by atoms with Gasteiger partial charge in [0.25, 0.3) is 0 Å². The molecule has 9 nitrogen and oxygen atoms in total. The summed E-state index contributed by atoms with van der Waals surface area (Å²) in [4.78, 5) is 11.4. The largest absolute Gasteiger partial charge is 0.547 e. The Morgan fingerprint density at radius 1 is 1.42 bits per heavy atom. The molecule has 1 aromatic carbocycles. The van der Waals surface area contributed by atoms with E-state index >= 15 is 0 Å². The van der Waals surface area contributed by atoms with Crippen molar-refractivity contribution in [2.75, 3.05) is 20.3 Å². The Balaban J connectivity index is 2.08. The average Bonchev–Trinajstić information content (AvgIpc) is 3.39. The molecule has 1 saturated carbocycles. The molecule has 3 unspecified atom stereocenters. The van der Waals surface area contributed by atoms with Gasteiger partial charge in [-0.05, 0) is 31.1 Å². The maximum Gasteiger partial charge on any atom is 0.547 e. The Hall–Kier alpha value is -1.90. The maximum absolute atomic E-state index is 12.9. The number of aliphatic hydroxyl groups excluding tert-OH is 2. The number of rotatable bonds is 10. The molecular formula is C16H22NO8P. The van der Waals surface area contributed by atoms with Gasteiger partial charge < -0.3 is 19.5 Å². The van der Waals surface area contributed by atoms with Crippen molar-refractivity contribution in [1.29, 1.82) is 0 Å². The molecule has 10 heteroatoms. The van der Waals surface area contributed by atoms with Crippen molar-refractivity contribution in [3.8, 4) is 5.75 Å². The van der Waals surface area contributed by atoms with Gasteiger partial charge in [0.1, 0.15) is 11.8 Å². The highest BCUT2D eigenvalue weighted by Crippen LogP contribution is 2.56. The van der Waals surface area contributed by atoms with E-state index in [2.05, 4.69) is 10.2 Å². The predicted octanol–water partition coefficient (Wildman–Crippen LogP) is 2.10. The second-order valence-electron chi connectivity index (χ2n) is 5.85. The van der Waals surface area contributed by atoms with Crippen molar-refractivity contribution in [1.82, 2.24) is 5.48 Å². The van der Waals surface area contributed by atoms with Crippen molar-refractivity contribution < 1.29 is 38.0 Å². The number of carbonyl (C=O) groups is 1. The van der Waals surface area contributed by atoms with Crippen molar-refractivity contribution in [2.45, 2.75) is 19.4 Å². The van der Waals surface area contributed by atoms with E-state index in [9.17, 15) is 14.5 Å². The number of hydroxylamine groups is 1. The van der Waals surface area contributed by atoms with Gasteiger partial charge in [0.2, 0.25) is 0 Å². The van der Waals surface area contributed by atoms with Crippen LogP contribution in [0.2, 0.25) is 0 Å². The molecule has 0 saturated heterocycles. The fraction of sp³-hybridized carbons (Fsp3) is 0.438. The molecule has 1 aliphatic rings. The van der Waals surface area contributed by atoms with Crippen LogP contribution in [0.1, 0.15) is 13.3 Å². The molecular weight excluding hydrogens is 365 g/mol. The van der Waals surface area contributed by atoms with Crippen LogP contribution in [-0.4, -0.2) is 42.5 Å². The van der Waals surface area contributed by atoms with Gasteiger partial charge in [-0.3, -0.25) is 9.32 Å². The van der Waals surface area contributed by atoms with Crippen molar-refractivity contribution in [3.63, 3.8) is 0 Å². The first-order valence-electron chi connectivity index (χ1n) is 7.84. The van der Waals surface area contributed by atoms with Gasteiger partial charge in [0.15, 0.2) is 0 Å². The Kier molecular flexibility index (Phi) is 6.80. The zero-order valence-electron chi connectivity index (χ0n) is 14.5. The Bertz CT molecular complexity index is 695. The standard InChI is InChI=1S/C16H22NO8P/c1-12(15(20)22-2)17-25-26(21,24-14-6-4-3-5-7-14)23-11-16(10-19)8-13(16)9-18/h3-7,9,12,17-19H,8,10-11H2,1-2H3/b13-9-. The number of ether oxygens (including phenoxy) is 1. The summed E-state index contributed by atoms with van der Waals surface area (Å²) in [6, 6.07) is 7.29. The zero-order chi connectivity index (χ0) is 19.2. The monoisotopic (exact) mass is 387 g/mol. The average molecular weight is 387 g/mol. The number of methoxy groups -OCH3 is 1. The van der Waals surface area contributed by atoms with E-state index in [1.165, 1.54) is 14.0 Å². The molecule has 3 atom stereocenters. The molecule has 0 spiro atoms. The van der Waals surface area contributed by atoms with Crippen LogP contribution in [0.4, 0.5) is 0 Å². The van der Waals surface area contributed by atoms with E-state index in [4.69, 9.17) is 18.8 Å². The van der Waals surface area contributed by atoms with E-state index in [1.807, 2.05) is 0 Å². The number of phosphoric acid groups is 1. The highest BCUT2D eigenvalue weighted by atomic mass is 31.2. The van der Waals surface area contributed by atoms with Gasteiger partial charge in [0, 0.05) is 5.41 Å². The maximum atomic E-state index is 12.9. The summed E-state index contributed by atoms with van der Waals surface area (Å²) in [5.41, 5.74) is 2.03. The van der Waals surface area contributed by atoms with Crippen LogP contribution in [-0.2, 0) is 23.2 Å². The number of benzene rings is 1. The van der Waals surface area contributed by atoms with Gasteiger partial charge in [-0.1, -0.05) is 18.2 Å². The molecule has 3 N–H and O–H groups in total. The predicted molar refractivity (Wildman–Crippen MR) is 91.2 cm³/mol. The van der Waals surface area contributed by atoms with Crippen LogP contribution < -0.4 is 10.0 Å². The fourth-order valence-electron chi connectivity index (χ4n) is 2.10. The summed E-state index contributed by atoms with van der Waals surface area (Å²) >= 11 is 0.